The highest BCUT2D eigenvalue weighted by Crippen LogP contribution is 2.32. The van der Waals surface area contributed by atoms with Crippen LogP contribution in [0.1, 0.15) is 20.8 Å². The van der Waals surface area contributed by atoms with Crippen LogP contribution in [-0.2, 0) is 33.3 Å². The molecule has 1 rings (SSSR count). The second kappa shape index (κ2) is 8.89. The van der Waals surface area contributed by atoms with Gasteiger partial charge in [-0.2, -0.15) is 0 Å². The first kappa shape index (κ1) is 19.5. The predicted octanol–water partition coefficient (Wildman–Crippen LogP) is 1.25. The molecule has 0 bridgehead atoms. The van der Waals surface area contributed by atoms with Gasteiger partial charge in [0.05, 0.1) is 3.92 Å². The molecule has 10 nitrogen and oxygen atoms in total. The van der Waals surface area contributed by atoms with Crippen LogP contribution in [-0.4, -0.2) is 53.0 Å². The number of esters is 3. The van der Waals surface area contributed by atoms with Gasteiger partial charge in [-0.15, -0.1) is 0 Å². The summed E-state index contributed by atoms with van der Waals surface area (Å²) >= 11 is 1.89. The van der Waals surface area contributed by atoms with Gasteiger partial charge in [0.15, 0.2) is 18.4 Å². The molecule has 0 aliphatic carbocycles. The normalized spacial score (nSPS) is 29.8. The maximum Gasteiger partial charge on any atom is 0.303 e. The van der Waals surface area contributed by atoms with Gasteiger partial charge in [-0.3, -0.25) is 14.4 Å². The van der Waals surface area contributed by atoms with Crippen LogP contribution in [0.3, 0.4) is 0 Å². The molecular formula is C12H16IN3O7. The van der Waals surface area contributed by atoms with Crippen LogP contribution in [0.25, 0.3) is 10.4 Å². The third-order valence-electron chi connectivity index (χ3n) is 2.81. The lowest BCUT2D eigenvalue weighted by Crippen LogP contribution is -2.58. The molecule has 0 aromatic rings. The lowest BCUT2D eigenvalue weighted by atomic mass is 10.0. The number of carbonyl (C=O) groups is 3. The van der Waals surface area contributed by atoms with Gasteiger partial charge in [-0.05, 0) is 5.53 Å². The molecule has 0 spiro atoms. The van der Waals surface area contributed by atoms with Crippen LogP contribution in [0.15, 0.2) is 5.11 Å². The minimum atomic E-state index is -0.997. The topological polar surface area (TPSA) is 137 Å². The van der Waals surface area contributed by atoms with Crippen molar-refractivity contribution < 1.29 is 33.3 Å². The molecule has 5 atom stereocenters. The van der Waals surface area contributed by atoms with Crippen LogP contribution in [0, 0.1) is 0 Å². The first-order chi connectivity index (χ1) is 10.8. The van der Waals surface area contributed by atoms with Gasteiger partial charge in [-0.25, -0.2) is 0 Å². The fourth-order valence-electron chi connectivity index (χ4n) is 2.02. The van der Waals surface area contributed by atoms with Crippen LogP contribution >= 0.6 is 22.6 Å². The third kappa shape index (κ3) is 5.84. The number of hydrogen-bond donors (Lipinski definition) is 0. The van der Waals surface area contributed by atoms with E-state index in [-0.39, 0.29) is 6.61 Å². The quantitative estimate of drug-likeness (QED) is 0.119. The number of azide groups is 1. The number of ether oxygens (including phenoxy) is 4. The van der Waals surface area contributed by atoms with Crippen LogP contribution in [0.2, 0.25) is 0 Å². The van der Waals surface area contributed by atoms with Gasteiger partial charge in [0.1, 0.15) is 12.7 Å². The Morgan fingerprint density at radius 2 is 1.70 bits per heavy atom. The average Bonchev–Trinajstić information content (AvgIpc) is 2.43. The number of rotatable bonds is 5. The standard InChI is InChI=1S/C12H16IN3O7/c1-5(17)20-4-8-10(21-6(2)18)11(22-7(3)19)9(13)12(23-8)15-16-14/h8-12H,4H2,1-3H3/t8-,9-,10-,11-,12-/m1/s1. The molecule has 0 aromatic heterocycles. The molecule has 0 radical (unpaired) electrons. The molecule has 1 heterocycles. The second-order valence-corrected chi connectivity index (χ2v) is 6.10. The second-order valence-electron chi connectivity index (χ2n) is 4.67. The van der Waals surface area contributed by atoms with Crippen molar-refractivity contribution >= 4 is 40.5 Å². The summed E-state index contributed by atoms with van der Waals surface area (Å²) in [7, 11) is 0. The fourth-order valence-corrected chi connectivity index (χ4v) is 2.89. The van der Waals surface area contributed by atoms with E-state index in [1.54, 1.807) is 0 Å². The molecule has 0 saturated carbocycles. The van der Waals surface area contributed by atoms with Gasteiger partial charge in [-0.1, -0.05) is 27.7 Å². The Kier molecular flexibility index (Phi) is 7.52. The maximum atomic E-state index is 11.3. The molecule has 23 heavy (non-hydrogen) atoms. The smallest absolute Gasteiger partial charge is 0.303 e. The molecule has 1 saturated heterocycles. The zero-order valence-corrected chi connectivity index (χ0v) is 14.8. The Labute approximate surface area is 145 Å². The Balaban J connectivity index is 3.09. The van der Waals surface area contributed by atoms with Gasteiger partial charge >= 0.3 is 17.9 Å². The highest BCUT2D eigenvalue weighted by atomic mass is 127. The van der Waals surface area contributed by atoms with Crippen molar-refractivity contribution in [1.82, 2.24) is 0 Å². The first-order valence-electron chi connectivity index (χ1n) is 6.57. The highest BCUT2D eigenvalue weighted by molar-refractivity contribution is 14.1. The first-order valence-corrected chi connectivity index (χ1v) is 7.82. The molecule has 0 N–H and O–H groups in total. The van der Waals surface area contributed by atoms with E-state index in [2.05, 4.69) is 10.0 Å². The summed E-state index contributed by atoms with van der Waals surface area (Å²) < 4.78 is 20.2. The number of carbonyl (C=O) groups excluding carboxylic acids is 3. The maximum absolute atomic E-state index is 11.3. The molecule has 1 aliphatic rings. The van der Waals surface area contributed by atoms with E-state index in [1.165, 1.54) is 20.8 Å². The zero-order valence-electron chi connectivity index (χ0n) is 12.7. The average molecular weight is 441 g/mol. The van der Waals surface area contributed by atoms with Crippen molar-refractivity contribution in [3.63, 3.8) is 0 Å². The predicted molar refractivity (Wildman–Crippen MR) is 83.4 cm³/mol. The molecular weight excluding hydrogens is 425 g/mol. The highest BCUT2D eigenvalue weighted by Gasteiger charge is 2.49. The van der Waals surface area contributed by atoms with E-state index in [9.17, 15) is 14.4 Å². The third-order valence-corrected chi connectivity index (χ3v) is 4.14. The molecule has 1 aliphatic heterocycles. The summed E-state index contributed by atoms with van der Waals surface area (Å²) in [5, 5.41) is 3.49. The number of hydrogen-bond acceptors (Lipinski definition) is 8. The monoisotopic (exact) mass is 441 g/mol. The summed E-state index contributed by atoms with van der Waals surface area (Å²) in [6.07, 6.45) is -3.82. The van der Waals surface area contributed by atoms with Gasteiger partial charge in [0, 0.05) is 25.7 Å². The molecule has 128 valence electrons. The lowest BCUT2D eigenvalue weighted by Gasteiger charge is -2.41. The van der Waals surface area contributed by atoms with Crippen molar-refractivity contribution in [2.75, 3.05) is 6.61 Å². The van der Waals surface area contributed by atoms with E-state index in [0.29, 0.717) is 0 Å². The van der Waals surface area contributed by atoms with Crippen LogP contribution in [0.5, 0.6) is 0 Å². The van der Waals surface area contributed by atoms with E-state index in [4.69, 9.17) is 24.5 Å². The Hall–Kier alpha value is -1.59. The van der Waals surface area contributed by atoms with E-state index < -0.39 is 46.4 Å². The Morgan fingerprint density at radius 3 is 2.17 bits per heavy atom. The van der Waals surface area contributed by atoms with Crippen molar-refractivity contribution in [1.29, 1.82) is 0 Å². The summed E-state index contributed by atoms with van der Waals surface area (Å²) in [6, 6.07) is 0. The molecule has 0 amide bonds. The van der Waals surface area contributed by atoms with Crippen molar-refractivity contribution in [3.05, 3.63) is 10.4 Å². The van der Waals surface area contributed by atoms with Crippen molar-refractivity contribution in [3.8, 4) is 0 Å². The number of nitrogens with zero attached hydrogens (tertiary/aromatic N) is 3. The summed E-state index contributed by atoms with van der Waals surface area (Å²) in [6.45, 7) is 3.36. The largest absolute Gasteiger partial charge is 0.463 e. The fraction of sp³-hybridized carbons (Fsp3) is 0.750. The summed E-state index contributed by atoms with van der Waals surface area (Å²) in [5.41, 5.74) is 8.62. The Bertz CT molecular complexity index is 523. The van der Waals surface area contributed by atoms with E-state index in [1.807, 2.05) is 22.6 Å². The molecule has 0 unspecified atom stereocenters. The zero-order chi connectivity index (χ0) is 17.6. The minimum Gasteiger partial charge on any atom is -0.463 e. The van der Waals surface area contributed by atoms with Gasteiger partial charge < -0.3 is 18.9 Å². The van der Waals surface area contributed by atoms with Crippen LogP contribution in [0.4, 0.5) is 0 Å². The molecule has 0 aromatic carbocycles. The molecule has 11 heteroatoms. The minimum absolute atomic E-state index is 0.244. The summed E-state index contributed by atoms with van der Waals surface area (Å²) in [4.78, 5) is 36.3. The van der Waals surface area contributed by atoms with E-state index in [0.717, 1.165) is 0 Å². The van der Waals surface area contributed by atoms with Crippen molar-refractivity contribution in [2.45, 2.75) is 49.2 Å². The number of alkyl halides is 1. The van der Waals surface area contributed by atoms with Gasteiger partial charge in [0.25, 0.3) is 0 Å². The van der Waals surface area contributed by atoms with Crippen LogP contribution < -0.4 is 0 Å². The van der Waals surface area contributed by atoms with Crippen molar-refractivity contribution in [2.24, 2.45) is 5.11 Å². The van der Waals surface area contributed by atoms with E-state index >= 15 is 0 Å². The summed E-state index contributed by atoms with van der Waals surface area (Å²) in [5.74, 6) is -1.77. The SMILES string of the molecule is CC(=O)OC[C@H]1O[C@@H](N=[N+]=[N-])[C@H](I)[C@@H](OC(C)=O)[C@@H]1OC(C)=O. The lowest BCUT2D eigenvalue weighted by molar-refractivity contribution is -0.210. The number of halogens is 1. The Morgan fingerprint density at radius 1 is 1.13 bits per heavy atom. The van der Waals surface area contributed by atoms with Gasteiger partial charge in [0.2, 0.25) is 0 Å². The molecule has 1 fully saturated rings.